The summed E-state index contributed by atoms with van der Waals surface area (Å²) in [6.45, 7) is 10.1. The molecule has 0 aromatic heterocycles. The Labute approximate surface area is 97.6 Å². The van der Waals surface area contributed by atoms with Crippen molar-refractivity contribution in [2.24, 2.45) is 11.3 Å². The van der Waals surface area contributed by atoms with Gasteiger partial charge in [-0.25, -0.2) is 0 Å². The summed E-state index contributed by atoms with van der Waals surface area (Å²) >= 11 is 0. The molecule has 1 atom stereocenters. The lowest BCUT2D eigenvalue weighted by Crippen LogP contribution is -2.42. The average Bonchev–Trinajstić information content (AvgIpc) is 2.12. The molecule has 0 aliphatic rings. The number of rotatable bonds is 5. The molecule has 1 N–H and O–H groups in total. The third kappa shape index (κ3) is 4.64. The number of carbonyl (C=O) groups is 2. The standard InChI is InChI=1S/C12H23NO3/c1-6-7-13(8-10(14)15)11(16)9(2)12(3,4)5/h9H,6-8H2,1-5H3,(H,14,15). The molecule has 4 heteroatoms. The van der Waals surface area contributed by atoms with Crippen molar-refractivity contribution in [2.75, 3.05) is 13.1 Å². The van der Waals surface area contributed by atoms with Crippen LogP contribution in [0.1, 0.15) is 41.0 Å². The van der Waals surface area contributed by atoms with Crippen molar-refractivity contribution in [3.05, 3.63) is 0 Å². The molecule has 0 aromatic rings. The Morgan fingerprint density at radius 3 is 2.12 bits per heavy atom. The molecule has 1 unspecified atom stereocenters. The van der Waals surface area contributed by atoms with E-state index in [4.69, 9.17) is 5.11 Å². The SMILES string of the molecule is CCCN(CC(=O)O)C(=O)C(C)C(C)(C)C. The van der Waals surface area contributed by atoms with Crippen molar-refractivity contribution in [1.82, 2.24) is 4.90 Å². The minimum Gasteiger partial charge on any atom is -0.480 e. The molecule has 0 heterocycles. The Balaban J connectivity index is 4.67. The Kier molecular flexibility index (Phi) is 5.48. The number of carboxylic acid groups (broad SMARTS) is 1. The zero-order chi connectivity index (χ0) is 12.9. The first-order valence-electron chi connectivity index (χ1n) is 5.70. The Bertz CT molecular complexity index is 255. The molecule has 0 fully saturated rings. The molecular weight excluding hydrogens is 206 g/mol. The van der Waals surface area contributed by atoms with Gasteiger partial charge in [0.15, 0.2) is 0 Å². The maximum atomic E-state index is 12.1. The molecule has 94 valence electrons. The van der Waals surface area contributed by atoms with Gasteiger partial charge in [-0.2, -0.15) is 0 Å². The number of aliphatic carboxylic acids is 1. The Morgan fingerprint density at radius 1 is 1.31 bits per heavy atom. The van der Waals surface area contributed by atoms with Gasteiger partial charge in [0, 0.05) is 12.5 Å². The van der Waals surface area contributed by atoms with Gasteiger partial charge in [0.2, 0.25) is 5.91 Å². The third-order valence-corrected chi connectivity index (χ3v) is 2.80. The van der Waals surface area contributed by atoms with E-state index in [2.05, 4.69) is 0 Å². The molecule has 0 aliphatic carbocycles. The summed E-state index contributed by atoms with van der Waals surface area (Å²) in [7, 11) is 0. The number of hydrogen-bond donors (Lipinski definition) is 1. The highest BCUT2D eigenvalue weighted by Gasteiger charge is 2.30. The van der Waals surface area contributed by atoms with Crippen LogP contribution in [0.3, 0.4) is 0 Å². The number of nitrogens with zero attached hydrogens (tertiary/aromatic N) is 1. The molecule has 0 aromatic carbocycles. The zero-order valence-corrected chi connectivity index (χ0v) is 10.9. The van der Waals surface area contributed by atoms with E-state index in [1.165, 1.54) is 4.90 Å². The van der Waals surface area contributed by atoms with Crippen molar-refractivity contribution >= 4 is 11.9 Å². The van der Waals surface area contributed by atoms with Crippen LogP contribution < -0.4 is 0 Å². The number of carboxylic acids is 1. The van der Waals surface area contributed by atoms with Crippen molar-refractivity contribution in [3.8, 4) is 0 Å². The van der Waals surface area contributed by atoms with Gasteiger partial charge in [-0.15, -0.1) is 0 Å². The minimum absolute atomic E-state index is 0.0725. The van der Waals surface area contributed by atoms with Crippen molar-refractivity contribution in [2.45, 2.75) is 41.0 Å². The molecule has 0 rings (SSSR count). The zero-order valence-electron chi connectivity index (χ0n) is 10.9. The summed E-state index contributed by atoms with van der Waals surface area (Å²) < 4.78 is 0. The monoisotopic (exact) mass is 229 g/mol. The van der Waals surface area contributed by atoms with Gasteiger partial charge >= 0.3 is 5.97 Å². The van der Waals surface area contributed by atoms with E-state index in [1.54, 1.807) is 0 Å². The first-order valence-corrected chi connectivity index (χ1v) is 5.70. The van der Waals surface area contributed by atoms with Gasteiger partial charge in [0.1, 0.15) is 6.54 Å². The molecule has 0 bridgehead atoms. The van der Waals surface area contributed by atoms with Crippen LogP contribution in [0.2, 0.25) is 0 Å². The molecule has 1 amide bonds. The van der Waals surface area contributed by atoms with E-state index in [0.717, 1.165) is 6.42 Å². The highest BCUT2D eigenvalue weighted by molar-refractivity contribution is 5.83. The second kappa shape index (κ2) is 5.87. The van der Waals surface area contributed by atoms with Crippen molar-refractivity contribution in [3.63, 3.8) is 0 Å². The molecule has 0 saturated carbocycles. The van der Waals surface area contributed by atoms with E-state index in [9.17, 15) is 9.59 Å². The van der Waals surface area contributed by atoms with E-state index >= 15 is 0 Å². The Morgan fingerprint density at radius 2 is 1.81 bits per heavy atom. The van der Waals surface area contributed by atoms with Crippen LogP contribution in [0, 0.1) is 11.3 Å². The normalized spacial score (nSPS) is 13.3. The van der Waals surface area contributed by atoms with E-state index < -0.39 is 5.97 Å². The molecular formula is C12H23NO3. The maximum absolute atomic E-state index is 12.1. The lowest BCUT2D eigenvalue weighted by Gasteiger charge is -2.31. The summed E-state index contributed by atoms with van der Waals surface area (Å²) in [5, 5.41) is 8.75. The van der Waals surface area contributed by atoms with E-state index in [1.807, 2.05) is 34.6 Å². The summed E-state index contributed by atoms with van der Waals surface area (Å²) in [6.07, 6.45) is 0.774. The van der Waals surface area contributed by atoms with Crippen molar-refractivity contribution < 1.29 is 14.7 Å². The maximum Gasteiger partial charge on any atom is 0.323 e. The number of hydrogen-bond acceptors (Lipinski definition) is 2. The third-order valence-electron chi connectivity index (χ3n) is 2.80. The van der Waals surface area contributed by atoms with Crippen LogP contribution in [0.15, 0.2) is 0 Å². The minimum atomic E-state index is -0.956. The molecule has 0 aliphatic heterocycles. The van der Waals surface area contributed by atoms with Crippen LogP contribution >= 0.6 is 0 Å². The summed E-state index contributed by atoms with van der Waals surface area (Å²) in [5.74, 6) is -1.20. The lowest BCUT2D eigenvalue weighted by molar-refractivity contribution is -0.147. The fraction of sp³-hybridized carbons (Fsp3) is 0.833. The highest BCUT2D eigenvalue weighted by atomic mass is 16.4. The lowest BCUT2D eigenvalue weighted by atomic mass is 9.81. The summed E-state index contributed by atoms with van der Waals surface area (Å²) in [4.78, 5) is 24.2. The quantitative estimate of drug-likeness (QED) is 0.784. The molecule has 4 nitrogen and oxygen atoms in total. The van der Waals surface area contributed by atoms with Gasteiger partial charge in [-0.1, -0.05) is 34.6 Å². The van der Waals surface area contributed by atoms with Crippen LogP contribution in [0.5, 0.6) is 0 Å². The largest absolute Gasteiger partial charge is 0.480 e. The molecule has 0 spiro atoms. The fourth-order valence-corrected chi connectivity index (χ4v) is 1.34. The smallest absolute Gasteiger partial charge is 0.323 e. The second-order valence-corrected chi connectivity index (χ2v) is 5.24. The summed E-state index contributed by atoms with van der Waals surface area (Å²) in [6, 6.07) is 0. The highest BCUT2D eigenvalue weighted by Crippen LogP contribution is 2.27. The van der Waals surface area contributed by atoms with Gasteiger partial charge in [-0.3, -0.25) is 9.59 Å². The average molecular weight is 229 g/mol. The topological polar surface area (TPSA) is 57.6 Å². The van der Waals surface area contributed by atoms with Gasteiger partial charge in [-0.05, 0) is 11.8 Å². The molecule has 0 radical (unpaired) electrons. The Hall–Kier alpha value is -1.06. The predicted octanol–water partition coefficient (Wildman–Crippen LogP) is 1.99. The summed E-state index contributed by atoms with van der Waals surface area (Å²) in [5.41, 5.74) is -0.137. The van der Waals surface area contributed by atoms with Crippen molar-refractivity contribution in [1.29, 1.82) is 0 Å². The number of amides is 1. The predicted molar refractivity (Wildman–Crippen MR) is 63.1 cm³/mol. The van der Waals surface area contributed by atoms with Gasteiger partial charge in [0.05, 0.1) is 0 Å². The number of carbonyl (C=O) groups excluding carboxylic acids is 1. The molecule has 16 heavy (non-hydrogen) atoms. The van der Waals surface area contributed by atoms with Gasteiger partial charge < -0.3 is 10.0 Å². The first kappa shape index (κ1) is 14.9. The van der Waals surface area contributed by atoms with Gasteiger partial charge in [0.25, 0.3) is 0 Å². The molecule has 0 saturated heterocycles. The second-order valence-electron chi connectivity index (χ2n) is 5.24. The van der Waals surface area contributed by atoms with Crippen LogP contribution in [-0.2, 0) is 9.59 Å². The fourth-order valence-electron chi connectivity index (χ4n) is 1.34. The van der Waals surface area contributed by atoms with Crippen LogP contribution in [0.4, 0.5) is 0 Å². The van der Waals surface area contributed by atoms with E-state index in [-0.39, 0.29) is 23.8 Å². The van der Waals surface area contributed by atoms with E-state index in [0.29, 0.717) is 6.54 Å². The first-order chi connectivity index (χ1) is 7.20. The van der Waals surface area contributed by atoms with Crippen LogP contribution in [-0.4, -0.2) is 35.0 Å². The van der Waals surface area contributed by atoms with Crippen LogP contribution in [0.25, 0.3) is 0 Å².